The lowest BCUT2D eigenvalue weighted by Crippen LogP contribution is -2.25. The predicted molar refractivity (Wildman–Crippen MR) is 87.6 cm³/mol. The molecule has 0 saturated carbocycles. The number of hydrogen-bond donors (Lipinski definition) is 1. The Kier molecular flexibility index (Phi) is 9.60. The van der Waals surface area contributed by atoms with E-state index in [0.717, 1.165) is 19.3 Å². The van der Waals surface area contributed by atoms with Gasteiger partial charge in [-0.25, -0.2) is 4.79 Å². The van der Waals surface area contributed by atoms with Crippen LogP contribution >= 0.6 is 0 Å². The molecule has 0 aliphatic carbocycles. The van der Waals surface area contributed by atoms with Crippen LogP contribution in [0.25, 0.3) is 0 Å². The van der Waals surface area contributed by atoms with Gasteiger partial charge in [0.15, 0.2) is 0 Å². The standard InChI is InChI=1S/C18H30O5/c1-3-4-5-6-7-8-9-10-11-12-16(22-14(2)19)15-13-17(20)23-18(15)21/h13,16,18,21H,3-12H2,1-2H3. The van der Waals surface area contributed by atoms with Gasteiger partial charge in [0, 0.05) is 18.6 Å². The van der Waals surface area contributed by atoms with Crippen LogP contribution in [-0.4, -0.2) is 29.4 Å². The maximum atomic E-state index is 11.2. The van der Waals surface area contributed by atoms with E-state index in [4.69, 9.17) is 4.74 Å². The highest BCUT2D eigenvalue weighted by Gasteiger charge is 2.31. The van der Waals surface area contributed by atoms with E-state index >= 15 is 0 Å². The zero-order valence-electron chi connectivity index (χ0n) is 14.4. The maximum absolute atomic E-state index is 11.2. The summed E-state index contributed by atoms with van der Waals surface area (Å²) < 4.78 is 9.89. The Hall–Kier alpha value is -1.36. The van der Waals surface area contributed by atoms with Crippen molar-refractivity contribution in [2.75, 3.05) is 0 Å². The minimum absolute atomic E-state index is 0.352. The molecule has 132 valence electrons. The third-order valence-corrected chi connectivity index (χ3v) is 4.05. The van der Waals surface area contributed by atoms with E-state index < -0.39 is 24.3 Å². The van der Waals surface area contributed by atoms with E-state index in [-0.39, 0.29) is 0 Å². The van der Waals surface area contributed by atoms with E-state index in [1.807, 2.05) is 0 Å². The molecule has 0 saturated heterocycles. The van der Waals surface area contributed by atoms with Gasteiger partial charge in [0.1, 0.15) is 6.10 Å². The first-order valence-electron chi connectivity index (χ1n) is 8.82. The molecule has 0 spiro atoms. The highest BCUT2D eigenvalue weighted by Crippen LogP contribution is 2.24. The number of carbonyl (C=O) groups is 2. The molecular formula is C18H30O5. The molecule has 5 heteroatoms. The maximum Gasteiger partial charge on any atom is 0.333 e. The van der Waals surface area contributed by atoms with Gasteiger partial charge >= 0.3 is 11.9 Å². The number of ether oxygens (including phenoxy) is 2. The Morgan fingerprint density at radius 3 is 2.22 bits per heavy atom. The van der Waals surface area contributed by atoms with Gasteiger partial charge in [-0.05, 0) is 12.8 Å². The Morgan fingerprint density at radius 1 is 1.17 bits per heavy atom. The van der Waals surface area contributed by atoms with Crippen LogP contribution in [0.5, 0.6) is 0 Å². The molecule has 1 aliphatic heterocycles. The Labute approximate surface area is 139 Å². The molecular weight excluding hydrogens is 296 g/mol. The molecule has 0 aromatic heterocycles. The van der Waals surface area contributed by atoms with Gasteiger partial charge in [-0.1, -0.05) is 58.3 Å². The lowest BCUT2D eigenvalue weighted by molar-refractivity contribution is -0.153. The molecule has 0 radical (unpaired) electrons. The number of rotatable bonds is 12. The number of carbonyl (C=O) groups excluding carboxylic acids is 2. The van der Waals surface area contributed by atoms with Gasteiger partial charge < -0.3 is 14.6 Å². The van der Waals surface area contributed by atoms with Crippen molar-refractivity contribution in [1.82, 2.24) is 0 Å². The first-order chi connectivity index (χ1) is 11.0. The van der Waals surface area contributed by atoms with Gasteiger partial charge in [-0.3, -0.25) is 4.79 Å². The van der Waals surface area contributed by atoms with Crippen LogP contribution < -0.4 is 0 Å². The number of unbranched alkanes of at least 4 members (excludes halogenated alkanes) is 8. The third-order valence-electron chi connectivity index (χ3n) is 4.05. The summed E-state index contributed by atoms with van der Waals surface area (Å²) in [5.74, 6) is -1.00. The molecule has 0 aromatic carbocycles. The fraction of sp³-hybridized carbons (Fsp3) is 0.778. The highest BCUT2D eigenvalue weighted by atomic mass is 16.6. The first-order valence-corrected chi connectivity index (χ1v) is 8.82. The molecule has 0 aromatic rings. The van der Waals surface area contributed by atoms with E-state index in [0.29, 0.717) is 12.0 Å². The van der Waals surface area contributed by atoms with Gasteiger partial charge in [0.25, 0.3) is 0 Å². The Bertz CT molecular complexity index is 402. The van der Waals surface area contributed by atoms with Gasteiger partial charge in [-0.2, -0.15) is 0 Å². The molecule has 0 bridgehead atoms. The van der Waals surface area contributed by atoms with Crippen LogP contribution in [0, 0.1) is 0 Å². The number of hydrogen-bond acceptors (Lipinski definition) is 5. The van der Waals surface area contributed by atoms with Gasteiger partial charge in [-0.15, -0.1) is 0 Å². The lowest BCUT2D eigenvalue weighted by atomic mass is 10.0. The van der Waals surface area contributed by atoms with Crippen molar-refractivity contribution in [2.45, 2.75) is 90.4 Å². The molecule has 0 fully saturated rings. The van der Waals surface area contributed by atoms with E-state index in [9.17, 15) is 14.7 Å². The van der Waals surface area contributed by atoms with Crippen LogP contribution in [0.1, 0.15) is 78.1 Å². The average Bonchev–Trinajstić information content (AvgIpc) is 2.82. The zero-order valence-corrected chi connectivity index (χ0v) is 14.4. The van der Waals surface area contributed by atoms with Crippen molar-refractivity contribution in [1.29, 1.82) is 0 Å². The molecule has 2 atom stereocenters. The molecule has 1 aliphatic rings. The van der Waals surface area contributed by atoms with Crippen molar-refractivity contribution >= 4 is 11.9 Å². The Balaban J connectivity index is 2.23. The number of cyclic esters (lactones) is 1. The number of aliphatic hydroxyl groups is 1. The van der Waals surface area contributed by atoms with Crippen LogP contribution in [0.2, 0.25) is 0 Å². The summed E-state index contributed by atoms with van der Waals surface area (Å²) in [4.78, 5) is 22.4. The van der Waals surface area contributed by atoms with Crippen molar-refractivity contribution < 1.29 is 24.2 Å². The first kappa shape index (κ1) is 19.7. The summed E-state index contributed by atoms with van der Waals surface area (Å²) in [6.07, 6.45) is 10.8. The topological polar surface area (TPSA) is 72.8 Å². The Morgan fingerprint density at radius 2 is 1.74 bits per heavy atom. The van der Waals surface area contributed by atoms with Crippen molar-refractivity contribution in [2.24, 2.45) is 0 Å². The second-order valence-corrected chi connectivity index (χ2v) is 6.15. The molecule has 1 rings (SSSR count). The summed E-state index contributed by atoms with van der Waals surface area (Å²) in [5, 5.41) is 9.68. The number of esters is 2. The molecule has 5 nitrogen and oxygen atoms in total. The summed E-state index contributed by atoms with van der Waals surface area (Å²) >= 11 is 0. The van der Waals surface area contributed by atoms with E-state index in [2.05, 4.69) is 11.7 Å². The second kappa shape index (κ2) is 11.2. The summed E-state index contributed by atoms with van der Waals surface area (Å²) in [6.45, 7) is 3.54. The fourth-order valence-electron chi connectivity index (χ4n) is 2.81. The molecule has 1 N–H and O–H groups in total. The minimum Gasteiger partial charge on any atom is -0.458 e. The average molecular weight is 326 g/mol. The van der Waals surface area contributed by atoms with Crippen molar-refractivity contribution in [3.05, 3.63) is 11.6 Å². The second-order valence-electron chi connectivity index (χ2n) is 6.15. The predicted octanol–water partition coefficient (Wildman–Crippen LogP) is 3.64. The molecule has 0 amide bonds. The summed E-state index contributed by atoms with van der Waals surface area (Å²) in [5.41, 5.74) is 0.352. The number of aliphatic hydroxyl groups excluding tert-OH is 1. The zero-order chi connectivity index (χ0) is 17.1. The smallest absolute Gasteiger partial charge is 0.333 e. The molecule has 1 heterocycles. The third kappa shape index (κ3) is 8.16. The van der Waals surface area contributed by atoms with E-state index in [1.165, 1.54) is 51.5 Å². The minimum atomic E-state index is -1.29. The quantitative estimate of drug-likeness (QED) is 0.438. The summed E-state index contributed by atoms with van der Waals surface area (Å²) in [7, 11) is 0. The van der Waals surface area contributed by atoms with Crippen LogP contribution in [0.15, 0.2) is 11.6 Å². The normalized spacial score (nSPS) is 18.5. The lowest BCUT2D eigenvalue weighted by Gasteiger charge is -2.19. The fourth-order valence-corrected chi connectivity index (χ4v) is 2.81. The van der Waals surface area contributed by atoms with Crippen molar-refractivity contribution in [3.8, 4) is 0 Å². The van der Waals surface area contributed by atoms with Crippen molar-refractivity contribution in [3.63, 3.8) is 0 Å². The monoisotopic (exact) mass is 326 g/mol. The molecule has 2 unspecified atom stereocenters. The van der Waals surface area contributed by atoms with Crippen LogP contribution in [0.4, 0.5) is 0 Å². The van der Waals surface area contributed by atoms with Crippen LogP contribution in [-0.2, 0) is 19.1 Å². The SMILES string of the molecule is CCCCCCCCCCCC(OC(C)=O)C1=CC(=O)OC1O. The largest absolute Gasteiger partial charge is 0.458 e. The molecule has 23 heavy (non-hydrogen) atoms. The van der Waals surface area contributed by atoms with E-state index in [1.54, 1.807) is 0 Å². The van der Waals surface area contributed by atoms with Gasteiger partial charge in [0.2, 0.25) is 6.29 Å². The summed E-state index contributed by atoms with van der Waals surface area (Å²) in [6, 6.07) is 0. The van der Waals surface area contributed by atoms with Crippen LogP contribution in [0.3, 0.4) is 0 Å². The highest BCUT2D eigenvalue weighted by molar-refractivity contribution is 5.86. The van der Waals surface area contributed by atoms with Gasteiger partial charge in [0.05, 0.1) is 0 Å².